The monoisotopic (exact) mass is 391 g/mol. The maximum atomic E-state index is 11.8. The molecule has 10 heteroatoms. The number of aryl methyl sites for hydroxylation is 1. The molecule has 1 saturated heterocycles. The molecule has 0 atom stereocenters. The molecule has 1 aromatic carbocycles. The molecule has 0 aliphatic carbocycles. The zero-order valence-electron chi connectivity index (χ0n) is 15.1. The van der Waals surface area contributed by atoms with E-state index in [1.165, 1.54) is 16.4 Å². The lowest BCUT2D eigenvalue weighted by Gasteiger charge is -2.38. The van der Waals surface area contributed by atoms with Crippen LogP contribution in [0.4, 0.5) is 11.5 Å². The molecule has 1 fully saturated rings. The summed E-state index contributed by atoms with van der Waals surface area (Å²) in [5, 5.41) is 14.0. The van der Waals surface area contributed by atoms with Crippen molar-refractivity contribution in [3.05, 3.63) is 46.1 Å². The summed E-state index contributed by atoms with van der Waals surface area (Å²) in [4.78, 5) is 19.2. The first-order valence-corrected chi connectivity index (χ1v) is 10.2. The van der Waals surface area contributed by atoms with Crippen molar-refractivity contribution >= 4 is 21.5 Å². The normalized spacial score (nSPS) is 15.3. The van der Waals surface area contributed by atoms with Crippen LogP contribution in [0.15, 0.2) is 30.3 Å². The maximum Gasteiger partial charge on any atom is 0.269 e. The van der Waals surface area contributed by atoms with Gasteiger partial charge in [0, 0.05) is 55.0 Å². The van der Waals surface area contributed by atoms with E-state index in [0.717, 1.165) is 5.69 Å². The van der Waals surface area contributed by atoms with Gasteiger partial charge in [-0.3, -0.25) is 10.1 Å². The highest BCUT2D eigenvalue weighted by Gasteiger charge is 2.34. The van der Waals surface area contributed by atoms with E-state index in [1.807, 2.05) is 13.0 Å². The van der Waals surface area contributed by atoms with Gasteiger partial charge in [-0.2, -0.15) is 0 Å². The van der Waals surface area contributed by atoms with E-state index in [1.54, 1.807) is 19.1 Å². The Balaban J connectivity index is 1.65. The molecule has 144 valence electrons. The lowest BCUT2D eigenvalue weighted by atomic mass is 10.0. The van der Waals surface area contributed by atoms with Crippen LogP contribution in [-0.2, 0) is 10.0 Å². The van der Waals surface area contributed by atoms with Crippen molar-refractivity contribution in [2.75, 3.05) is 30.7 Å². The Morgan fingerprint density at radius 2 is 1.93 bits per heavy atom. The third kappa shape index (κ3) is 4.40. The Bertz CT molecular complexity index is 940. The third-order valence-corrected chi connectivity index (χ3v) is 6.26. The number of non-ortho nitro benzene ring substituents is 1. The summed E-state index contributed by atoms with van der Waals surface area (Å²) in [6.07, 6.45) is 0. The van der Waals surface area contributed by atoms with Gasteiger partial charge >= 0.3 is 0 Å². The van der Waals surface area contributed by atoms with Crippen molar-refractivity contribution in [3.8, 4) is 11.4 Å². The van der Waals surface area contributed by atoms with Crippen LogP contribution in [0.1, 0.15) is 12.6 Å². The van der Waals surface area contributed by atoms with Crippen molar-refractivity contribution in [1.82, 2.24) is 14.3 Å². The number of aromatic nitrogens is 2. The lowest BCUT2D eigenvalue weighted by Crippen LogP contribution is -2.52. The number of rotatable bonds is 7. The van der Waals surface area contributed by atoms with E-state index in [9.17, 15) is 18.5 Å². The van der Waals surface area contributed by atoms with Gasteiger partial charge in [0.15, 0.2) is 5.82 Å². The molecule has 0 spiro atoms. The van der Waals surface area contributed by atoms with Crippen LogP contribution in [-0.4, -0.2) is 53.0 Å². The Labute approximate surface area is 157 Å². The summed E-state index contributed by atoms with van der Waals surface area (Å²) in [5.74, 6) is 1.49. The topological polar surface area (TPSA) is 118 Å². The van der Waals surface area contributed by atoms with Crippen LogP contribution in [0.3, 0.4) is 0 Å². The van der Waals surface area contributed by atoms with Gasteiger partial charge in [0.25, 0.3) is 5.69 Å². The Morgan fingerprint density at radius 3 is 2.52 bits per heavy atom. The number of hydrogen-bond acceptors (Lipinski definition) is 7. The second-order valence-corrected chi connectivity index (χ2v) is 8.74. The van der Waals surface area contributed by atoms with E-state index in [2.05, 4.69) is 15.3 Å². The summed E-state index contributed by atoms with van der Waals surface area (Å²) < 4.78 is 25.0. The second kappa shape index (κ2) is 7.57. The van der Waals surface area contributed by atoms with Gasteiger partial charge in [-0.1, -0.05) is 0 Å². The molecule has 3 rings (SSSR count). The standard InChI is InChI=1S/C17H21N5O4S/c1-3-27(25,26)21-10-13(11-21)9-18-16-8-12(2)19-17(20-16)14-4-6-15(7-5-14)22(23)24/h4-8,13H,3,9-11H2,1-2H3,(H,18,19,20). The molecule has 1 aromatic heterocycles. The van der Waals surface area contributed by atoms with E-state index in [4.69, 9.17) is 0 Å². The van der Waals surface area contributed by atoms with E-state index in [0.29, 0.717) is 36.8 Å². The highest BCUT2D eigenvalue weighted by molar-refractivity contribution is 7.89. The van der Waals surface area contributed by atoms with Gasteiger partial charge < -0.3 is 5.32 Å². The van der Waals surface area contributed by atoms with Crippen molar-refractivity contribution in [3.63, 3.8) is 0 Å². The minimum Gasteiger partial charge on any atom is -0.370 e. The summed E-state index contributed by atoms with van der Waals surface area (Å²) in [7, 11) is -3.10. The molecule has 0 bridgehead atoms. The number of nitro groups is 1. The third-order valence-electron chi connectivity index (χ3n) is 4.44. The average molecular weight is 391 g/mol. The molecule has 27 heavy (non-hydrogen) atoms. The van der Waals surface area contributed by atoms with Gasteiger partial charge in [-0.15, -0.1) is 0 Å². The summed E-state index contributed by atoms with van der Waals surface area (Å²) in [6, 6.07) is 7.90. The molecule has 0 amide bonds. The van der Waals surface area contributed by atoms with E-state index >= 15 is 0 Å². The second-order valence-electron chi connectivity index (χ2n) is 6.49. The molecule has 1 aliphatic rings. The number of hydrogen-bond donors (Lipinski definition) is 1. The maximum absolute atomic E-state index is 11.8. The SMILES string of the molecule is CCS(=O)(=O)N1CC(CNc2cc(C)nc(-c3ccc([N+](=O)[O-])cc3)n2)C1. The molecule has 0 radical (unpaired) electrons. The molecule has 1 aliphatic heterocycles. The number of anilines is 1. The zero-order chi connectivity index (χ0) is 19.6. The van der Waals surface area contributed by atoms with Crippen molar-refractivity contribution in [2.45, 2.75) is 13.8 Å². The number of sulfonamides is 1. The fourth-order valence-electron chi connectivity index (χ4n) is 2.83. The van der Waals surface area contributed by atoms with Crippen LogP contribution >= 0.6 is 0 Å². The Kier molecular flexibility index (Phi) is 5.38. The molecule has 0 unspecified atom stereocenters. The largest absolute Gasteiger partial charge is 0.370 e. The number of nitrogens with one attached hydrogen (secondary N) is 1. The number of nitro benzene ring substituents is 1. The molecular weight excluding hydrogens is 370 g/mol. The van der Waals surface area contributed by atoms with Crippen LogP contribution in [0.2, 0.25) is 0 Å². The first kappa shape index (κ1) is 19.2. The molecule has 0 saturated carbocycles. The predicted molar refractivity (Wildman–Crippen MR) is 102 cm³/mol. The Hall–Kier alpha value is -2.59. The van der Waals surface area contributed by atoms with Gasteiger partial charge in [0.2, 0.25) is 10.0 Å². The summed E-state index contributed by atoms with van der Waals surface area (Å²) in [6.45, 7) is 5.14. The minimum atomic E-state index is -3.10. The first-order valence-electron chi connectivity index (χ1n) is 8.60. The van der Waals surface area contributed by atoms with Crippen molar-refractivity contribution in [2.24, 2.45) is 5.92 Å². The predicted octanol–water partition coefficient (Wildman–Crippen LogP) is 2.05. The van der Waals surface area contributed by atoms with Crippen LogP contribution in [0.5, 0.6) is 0 Å². The molecule has 1 N–H and O–H groups in total. The quantitative estimate of drug-likeness (QED) is 0.567. The van der Waals surface area contributed by atoms with Crippen LogP contribution in [0, 0.1) is 23.0 Å². The van der Waals surface area contributed by atoms with Crippen molar-refractivity contribution < 1.29 is 13.3 Å². The summed E-state index contributed by atoms with van der Waals surface area (Å²) in [5.41, 5.74) is 1.47. The molecule has 2 heterocycles. The lowest BCUT2D eigenvalue weighted by molar-refractivity contribution is -0.384. The van der Waals surface area contributed by atoms with Crippen LogP contribution < -0.4 is 5.32 Å². The van der Waals surface area contributed by atoms with Gasteiger partial charge in [-0.05, 0) is 26.0 Å². The molecular formula is C17H21N5O4S. The van der Waals surface area contributed by atoms with Crippen molar-refractivity contribution in [1.29, 1.82) is 0 Å². The van der Waals surface area contributed by atoms with E-state index < -0.39 is 14.9 Å². The fraction of sp³-hybridized carbons (Fsp3) is 0.412. The highest BCUT2D eigenvalue weighted by atomic mass is 32.2. The van der Waals surface area contributed by atoms with Gasteiger partial charge in [0.05, 0.1) is 10.7 Å². The smallest absolute Gasteiger partial charge is 0.269 e. The van der Waals surface area contributed by atoms with Gasteiger partial charge in [0.1, 0.15) is 5.82 Å². The van der Waals surface area contributed by atoms with E-state index in [-0.39, 0.29) is 17.4 Å². The highest BCUT2D eigenvalue weighted by Crippen LogP contribution is 2.23. The molecule has 2 aromatic rings. The van der Waals surface area contributed by atoms with Crippen LogP contribution in [0.25, 0.3) is 11.4 Å². The number of nitrogens with zero attached hydrogens (tertiary/aromatic N) is 4. The van der Waals surface area contributed by atoms with Gasteiger partial charge in [-0.25, -0.2) is 22.7 Å². The average Bonchev–Trinajstić information content (AvgIpc) is 2.60. The minimum absolute atomic E-state index is 0.0151. The number of benzene rings is 1. The first-order chi connectivity index (χ1) is 12.8. The fourth-order valence-corrected chi connectivity index (χ4v) is 4.07. The Morgan fingerprint density at radius 1 is 1.26 bits per heavy atom. The summed E-state index contributed by atoms with van der Waals surface area (Å²) >= 11 is 0. The molecule has 9 nitrogen and oxygen atoms in total. The zero-order valence-corrected chi connectivity index (χ0v) is 15.9.